The second-order valence-electron chi connectivity index (χ2n) is 4.56. The van der Waals surface area contributed by atoms with Crippen LogP contribution in [0.2, 0.25) is 0 Å². The topological polar surface area (TPSA) is 88.5 Å². The van der Waals surface area contributed by atoms with E-state index in [-0.39, 0.29) is 12.4 Å². The second-order valence-corrected chi connectivity index (χ2v) is 5.42. The molecular formula is C12H18N2O4S. The minimum Gasteiger partial charge on any atom is -0.481 e. The van der Waals surface area contributed by atoms with Crippen molar-refractivity contribution in [1.29, 1.82) is 0 Å². The molecule has 1 rings (SSSR count). The van der Waals surface area contributed by atoms with Gasteiger partial charge in [0.1, 0.15) is 6.04 Å². The van der Waals surface area contributed by atoms with Gasteiger partial charge in [-0.3, -0.25) is 4.79 Å². The van der Waals surface area contributed by atoms with Gasteiger partial charge in [0.05, 0.1) is 19.2 Å². The number of nitrogens with one attached hydrogen (secondary N) is 1. The smallest absolute Gasteiger partial charge is 0.328 e. The first-order chi connectivity index (χ1) is 8.92. The highest BCUT2D eigenvalue weighted by Gasteiger charge is 2.21. The van der Waals surface area contributed by atoms with E-state index in [0.717, 1.165) is 0 Å². The molecule has 0 aliphatic carbocycles. The number of carbonyl (C=O) groups excluding carboxylic acids is 1. The Kier molecular flexibility index (Phi) is 5.75. The largest absolute Gasteiger partial charge is 0.481 e. The van der Waals surface area contributed by atoms with E-state index in [9.17, 15) is 9.59 Å². The van der Waals surface area contributed by atoms with Crippen LogP contribution < -0.4 is 5.32 Å². The highest BCUT2D eigenvalue weighted by molar-refractivity contribution is 7.13. The van der Waals surface area contributed by atoms with Crippen molar-refractivity contribution in [2.75, 3.05) is 12.4 Å². The lowest BCUT2D eigenvalue weighted by atomic mass is 10.0. The number of nitrogens with zero attached hydrogens (tertiary/aromatic N) is 1. The van der Waals surface area contributed by atoms with Gasteiger partial charge >= 0.3 is 11.9 Å². The molecule has 1 unspecified atom stereocenters. The Labute approximate surface area is 115 Å². The van der Waals surface area contributed by atoms with Gasteiger partial charge in [-0.2, -0.15) is 0 Å². The fourth-order valence-corrected chi connectivity index (χ4v) is 2.35. The van der Waals surface area contributed by atoms with Crippen LogP contribution in [-0.4, -0.2) is 35.2 Å². The van der Waals surface area contributed by atoms with Crippen LogP contribution in [-0.2, 0) is 20.7 Å². The van der Waals surface area contributed by atoms with Crippen LogP contribution in [0.1, 0.15) is 26.0 Å². The summed E-state index contributed by atoms with van der Waals surface area (Å²) in [5.41, 5.74) is 0.480. The number of rotatable bonds is 7. The number of anilines is 1. The van der Waals surface area contributed by atoms with Gasteiger partial charge in [-0.1, -0.05) is 13.8 Å². The lowest BCUT2D eigenvalue weighted by Gasteiger charge is -2.17. The van der Waals surface area contributed by atoms with Crippen LogP contribution in [0, 0.1) is 5.92 Å². The molecule has 0 fully saturated rings. The Morgan fingerprint density at radius 2 is 2.21 bits per heavy atom. The first-order valence-electron chi connectivity index (χ1n) is 5.93. The van der Waals surface area contributed by atoms with Gasteiger partial charge < -0.3 is 15.2 Å². The molecule has 2 N–H and O–H groups in total. The predicted molar refractivity (Wildman–Crippen MR) is 72.3 cm³/mol. The van der Waals surface area contributed by atoms with Crippen molar-refractivity contribution in [3.05, 3.63) is 11.1 Å². The highest BCUT2D eigenvalue weighted by Crippen LogP contribution is 2.19. The Bertz CT molecular complexity index is 445. The molecule has 6 nitrogen and oxygen atoms in total. The van der Waals surface area contributed by atoms with E-state index >= 15 is 0 Å². The first kappa shape index (κ1) is 15.4. The molecule has 1 heterocycles. The maximum Gasteiger partial charge on any atom is 0.328 e. The quantitative estimate of drug-likeness (QED) is 0.743. The third-order valence-electron chi connectivity index (χ3n) is 2.37. The zero-order valence-electron chi connectivity index (χ0n) is 11.2. The van der Waals surface area contributed by atoms with Gasteiger partial charge in [-0.25, -0.2) is 9.78 Å². The minimum absolute atomic E-state index is 0.120. The van der Waals surface area contributed by atoms with Gasteiger partial charge in [-0.15, -0.1) is 11.3 Å². The third-order valence-corrected chi connectivity index (χ3v) is 3.20. The van der Waals surface area contributed by atoms with Gasteiger partial charge in [-0.05, 0) is 12.3 Å². The van der Waals surface area contributed by atoms with Crippen molar-refractivity contribution in [3.8, 4) is 0 Å². The number of hydrogen-bond acceptors (Lipinski definition) is 6. The van der Waals surface area contributed by atoms with Crippen LogP contribution in [0.3, 0.4) is 0 Å². The Hall–Kier alpha value is -1.63. The number of carbonyl (C=O) groups is 2. The van der Waals surface area contributed by atoms with Gasteiger partial charge in [0.15, 0.2) is 5.13 Å². The average molecular weight is 286 g/mol. The van der Waals surface area contributed by atoms with Crippen LogP contribution in [0.4, 0.5) is 5.13 Å². The molecule has 0 saturated heterocycles. The Morgan fingerprint density at radius 1 is 1.53 bits per heavy atom. The zero-order valence-corrected chi connectivity index (χ0v) is 12.0. The summed E-state index contributed by atoms with van der Waals surface area (Å²) in [4.78, 5) is 26.3. The molecule has 0 aliphatic heterocycles. The van der Waals surface area contributed by atoms with Gasteiger partial charge in [0.2, 0.25) is 0 Å². The Balaban J connectivity index is 2.70. The molecule has 0 spiro atoms. The molecule has 0 saturated carbocycles. The molecule has 1 aromatic rings. The standard InChI is InChI=1S/C12H18N2O4S/c1-7(2)4-9(11(17)18-3)14-12-13-8(6-19-12)5-10(15)16/h6-7,9H,4-5H2,1-3H3,(H,13,14)(H,15,16). The zero-order chi connectivity index (χ0) is 14.4. The molecule has 0 aromatic carbocycles. The summed E-state index contributed by atoms with van der Waals surface area (Å²) in [6.45, 7) is 4.02. The number of thiazole rings is 1. The number of carboxylic acids is 1. The summed E-state index contributed by atoms with van der Waals surface area (Å²) in [7, 11) is 1.34. The number of aromatic nitrogens is 1. The van der Waals surface area contributed by atoms with Crippen LogP contribution >= 0.6 is 11.3 Å². The molecule has 7 heteroatoms. The summed E-state index contributed by atoms with van der Waals surface area (Å²) >= 11 is 1.28. The molecule has 0 aliphatic rings. The minimum atomic E-state index is -0.927. The summed E-state index contributed by atoms with van der Waals surface area (Å²) in [5.74, 6) is -0.942. The van der Waals surface area contributed by atoms with Gasteiger partial charge in [0, 0.05) is 5.38 Å². The van der Waals surface area contributed by atoms with E-state index < -0.39 is 12.0 Å². The molecule has 0 radical (unpaired) electrons. The number of methoxy groups -OCH3 is 1. The van der Waals surface area contributed by atoms with Crippen LogP contribution in [0.15, 0.2) is 5.38 Å². The van der Waals surface area contributed by atoms with Crippen molar-refractivity contribution in [3.63, 3.8) is 0 Å². The fraction of sp³-hybridized carbons (Fsp3) is 0.583. The molecule has 19 heavy (non-hydrogen) atoms. The highest BCUT2D eigenvalue weighted by atomic mass is 32.1. The Morgan fingerprint density at radius 3 is 2.74 bits per heavy atom. The maximum absolute atomic E-state index is 11.6. The van der Waals surface area contributed by atoms with Crippen LogP contribution in [0.5, 0.6) is 0 Å². The number of esters is 1. The van der Waals surface area contributed by atoms with E-state index in [0.29, 0.717) is 23.2 Å². The second kappa shape index (κ2) is 7.08. The van der Waals surface area contributed by atoms with E-state index in [1.54, 1.807) is 5.38 Å². The maximum atomic E-state index is 11.6. The molecular weight excluding hydrogens is 268 g/mol. The lowest BCUT2D eigenvalue weighted by molar-refractivity contribution is -0.142. The number of carboxylic acid groups (broad SMARTS) is 1. The SMILES string of the molecule is COC(=O)C(CC(C)C)Nc1nc(CC(=O)O)cs1. The van der Waals surface area contributed by atoms with Crippen molar-refractivity contribution in [2.45, 2.75) is 32.7 Å². The van der Waals surface area contributed by atoms with Crippen molar-refractivity contribution in [2.24, 2.45) is 5.92 Å². The van der Waals surface area contributed by atoms with Crippen LogP contribution in [0.25, 0.3) is 0 Å². The number of aliphatic carboxylic acids is 1. The predicted octanol–water partition coefficient (Wildman–Crippen LogP) is 1.77. The number of ether oxygens (including phenoxy) is 1. The first-order valence-corrected chi connectivity index (χ1v) is 6.81. The summed E-state index contributed by atoms with van der Waals surface area (Å²) < 4.78 is 4.74. The van der Waals surface area contributed by atoms with Crippen molar-refractivity contribution < 1.29 is 19.4 Å². The normalized spacial score (nSPS) is 12.2. The third kappa shape index (κ3) is 5.25. The molecule has 106 valence electrons. The molecule has 1 atom stereocenters. The van der Waals surface area contributed by atoms with E-state index in [4.69, 9.17) is 9.84 Å². The summed E-state index contributed by atoms with van der Waals surface area (Å²) in [6.07, 6.45) is 0.506. The lowest BCUT2D eigenvalue weighted by Crippen LogP contribution is -2.32. The molecule has 0 amide bonds. The van der Waals surface area contributed by atoms with Gasteiger partial charge in [0.25, 0.3) is 0 Å². The van der Waals surface area contributed by atoms with E-state index in [1.807, 2.05) is 13.8 Å². The summed E-state index contributed by atoms with van der Waals surface area (Å²) in [6, 6.07) is -0.464. The van der Waals surface area contributed by atoms with E-state index in [2.05, 4.69) is 10.3 Å². The van der Waals surface area contributed by atoms with E-state index in [1.165, 1.54) is 18.4 Å². The summed E-state index contributed by atoms with van der Waals surface area (Å²) in [5, 5.41) is 13.9. The monoisotopic (exact) mass is 286 g/mol. The van der Waals surface area contributed by atoms with Crippen molar-refractivity contribution >= 4 is 28.4 Å². The fourth-order valence-electron chi connectivity index (χ4n) is 1.59. The number of hydrogen-bond donors (Lipinski definition) is 2. The van der Waals surface area contributed by atoms with Crippen molar-refractivity contribution in [1.82, 2.24) is 4.98 Å². The molecule has 1 aromatic heterocycles. The molecule has 0 bridgehead atoms. The average Bonchev–Trinajstić information content (AvgIpc) is 2.73.